The number of rotatable bonds is 5. The van der Waals surface area contributed by atoms with Gasteiger partial charge in [0, 0.05) is 16.8 Å². The van der Waals surface area contributed by atoms with Crippen molar-refractivity contribution in [3.05, 3.63) is 200 Å². The summed E-state index contributed by atoms with van der Waals surface area (Å²) in [6, 6.07) is 74.1. The van der Waals surface area contributed by atoms with Crippen molar-refractivity contribution in [2.24, 2.45) is 0 Å². The predicted molar refractivity (Wildman–Crippen MR) is 214 cm³/mol. The fourth-order valence-electron chi connectivity index (χ4n) is 8.69. The van der Waals surface area contributed by atoms with Crippen molar-refractivity contribution in [2.45, 2.75) is 0 Å². The molecule has 0 bridgehead atoms. The number of benzene rings is 8. The first-order chi connectivity index (χ1) is 24.8. The second-order valence-electron chi connectivity index (χ2n) is 13.2. The molecule has 50 heavy (non-hydrogen) atoms. The van der Waals surface area contributed by atoms with Crippen LogP contribution in [0.25, 0.3) is 44.5 Å². The van der Waals surface area contributed by atoms with Gasteiger partial charge in [0.2, 0.25) is 0 Å². The highest BCUT2D eigenvalue weighted by atomic mass is 28.3. The van der Waals surface area contributed by atoms with Crippen LogP contribution in [0.5, 0.6) is 0 Å². The molecule has 2 heterocycles. The Hall–Kier alpha value is -6.22. The second kappa shape index (κ2) is 11.4. The van der Waals surface area contributed by atoms with Crippen LogP contribution in [0.4, 0.5) is 17.1 Å². The molecule has 0 aliphatic carbocycles. The number of fused-ring (bicyclic) bond motifs is 10. The van der Waals surface area contributed by atoms with Gasteiger partial charge in [0.1, 0.15) is 0 Å². The largest absolute Gasteiger partial charge is 0.309 e. The van der Waals surface area contributed by atoms with Crippen molar-refractivity contribution < 1.29 is 0 Å². The Morgan fingerprint density at radius 2 is 0.640 bits per heavy atom. The number of para-hydroxylation sites is 2. The molecule has 0 unspecified atom stereocenters. The standard InChI is InChI=1S/C48H33NSi/c1-3-17-34(18-4-1)37-21-7-12-26-43(37)49(44-27-13-8-22-38(44)35-19-5-2-6-20-35)36-31-32-42-41-25-11-16-30-47(41)50(48(42)33-36)45-28-14-9-23-39(45)40-24-10-15-29-46(40)50/h1-33H. The van der Waals surface area contributed by atoms with Crippen molar-refractivity contribution >= 4 is 45.9 Å². The van der Waals surface area contributed by atoms with Gasteiger partial charge in [0.05, 0.1) is 11.4 Å². The van der Waals surface area contributed by atoms with Crippen molar-refractivity contribution in [3.63, 3.8) is 0 Å². The summed E-state index contributed by atoms with van der Waals surface area (Å²) in [7, 11) is -2.61. The lowest BCUT2D eigenvalue weighted by Gasteiger charge is -2.32. The summed E-state index contributed by atoms with van der Waals surface area (Å²) in [6.45, 7) is 0. The molecule has 8 aromatic carbocycles. The van der Waals surface area contributed by atoms with E-state index in [9.17, 15) is 0 Å². The minimum Gasteiger partial charge on any atom is -0.309 e. The number of hydrogen-bond donors (Lipinski definition) is 0. The van der Waals surface area contributed by atoms with Gasteiger partial charge < -0.3 is 4.90 Å². The normalized spacial score (nSPS) is 13.0. The molecule has 0 atom stereocenters. The fraction of sp³-hybridized carbons (Fsp3) is 0. The van der Waals surface area contributed by atoms with Gasteiger partial charge >= 0.3 is 0 Å². The Kier molecular flexibility index (Phi) is 6.58. The van der Waals surface area contributed by atoms with E-state index in [4.69, 9.17) is 0 Å². The van der Waals surface area contributed by atoms with E-state index >= 15 is 0 Å². The van der Waals surface area contributed by atoms with Crippen molar-refractivity contribution in [2.75, 3.05) is 4.90 Å². The Balaban J connectivity index is 1.29. The summed E-state index contributed by atoms with van der Waals surface area (Å²) >= 11 is 0. The highest BCUT2D eigenvalue weighted by molar-refractivity contribution is 7.24. The summed E-state index contributed by atoms with van der Waals surface area (Å²) in [5.74, 6) is 0. The van der Waals surface area contributed by atoms with Crippen LogP contribution in [-0.2, 0) is 0 Å². The van der Waals surface area contributed by atoms with E-state index in [1.165, 1.54) is 65.3 Å². The molecular weight excluding hydrogens is 619 g/mol. The van der Waals surface area contributed by atoms with Crippen LogP contribution in [0.15, 0.2) is 200 Å². The van der Waals surface area contributed by atoms with Gasteiger partial charge in [0.15, 0.2) is 8.07 Å². The zero-order valence-electron chi connectivity index (χ0n) is 27.5. The third-order valence-electron chi connectivity index (χ3n) is 10.7. The SMILES string of the molecule is c1ccc(-c2ccccc2N(c2ccc3c(c2)[Si]2(c4ccccc4-c4ccccc42)c2ccccc2-3)c2ccccc2-c2ccccc2)cc1. The van der Waals surface area contributed by atoms with Gasteiger partial charge in [-0.2, -0.15) is 0 Å². The lowest BCUT2D eigenvalue weighted by atomic mass is 9.98. The molecular formula is C48H33NSi. The molecule has 0 aromatic heterocycles. The molecule has 2 aliphatic heterocycles. The maximum atomic E-state index is 2.55. The molecule has 0 fully saturated rings. The van der Waals surface area contributed by atoms with Crippen LogP contribution in [0, 0.1) is 0 Å². The zero-order valence-corrected chi connectivity index (χ0v) is 28.5. The molecule has 8 aromatic rings. The van der Waals surface area contributed by atoms with E-state index in [1.807, 2.05) is 0 Å². The van der Waals surface area contributed by atoms with E-state index in [1.54, 1.807) is 0 Å². The van der Waals surface area contributed by atoms with E-state index < -0.39 is 8.07 Å². The summed E-state index contributed by atoms with van der Waals surface area (Å²) in [4.78, 5) is 2.50. The molecule has 2 heteroatoms. The molecule has 0 saturated heterocycles. The smallest absolute Gasteiger partial charge is 0.182 e. The van der Waals surface area contributed by atoms with E-state index in [-0.39, 0.29) is 0 Å². The Labute approximate surface area is 294 Å². The third-order valence-corrected chi connectivity index (χ3v) is 15.7. The van der Waals surface area contributed by atoms with E-state index in [2.05, 4.69) is 205 Å². The average Bonchev–Trinajstić information content (AvgIpc) is 3.66. The quantitative estimate of drug-likeness (QED) is 0.168. The minimum atomic E-state index is -2.61. The van der Waals surface area contributed by atoms with Crippen molar-refractivity contribution in [3.8, 4) is 44.5 Å². The summed E-state index contributed by atoms with van der Waals surface area (Å²) in [5, 5.41) is 5.94. The van der Waals surface area contributed by atoms with Gasteiger partial charge in [0.25, 0.3) is 0 Å². The van der Waals surface area contributed by atoms with E-state index in [0.717, 1.165) is 17.1 Å². The molecule has 1 nitrogen and oxygen atoms in total. The number of hydrogen-bond acceptors (Lipinski definition) is 1. The van der Waals surface area contributed by atoms with Gasteiger partial charge in [-0.05, 0) is 78.4 Å². The van der Waals surface area contributed by atoms with Crippen LogP contribution in [0.3, 0.4) is 0 Å². The molecule has 2 aliphatic rings. The van der Waals surface area contributed by atoms with Crippen molar-refractivity contribution in [1.82, 2.24) is 0 Å². The van der Waals surface area contributed by atoms with E-state index in [0.29, 0.717) is 0 Å². The van der Waals surface area contributed by atoms with Crippen LogP contribution in [0.2, 0.25) is 0 Å². The molecule has 0 amide bonds. The molecule has 234 valence electrons. The Bertz CT molecular complexity index is 2410. The summed E-state index contributed by atoms with van der Waals surface area (Å²) < 4.78 is 0. The monoisotopic (exact) mass is 651 g/mol. The Morgan fingerprint density at radius 3 is 1.10 bits per heavy atom. The maximum Gasteiger partial charge on any atom is 0.182 e. The molecule has 10 rings (SSSR count). The lowest BCUT2D eigenvalue weighted by Crippen LogP contribution is -2.70. The predicted octanol–water partition coefficient (Wildman–Crippen LogP) is 9.83. The second-order valence-corrected chi connectivity index (χ2v) is 16.9. The topological polar surface area (TPSA) is 3.24 Å². The first kappa shape index (κ1) is 28.8. The van der Waals surface area contributed by atoms with Crippen LogP contribution < -0.4 is 25.6 Å². The summed E-state index contributed by atoms with van der Waals surface area (Å²) in [6.07, 6.45) is 0. The highest BCUT2D eigenvalue weighted by Crippen LogP contribution is 2.46. The number of anilines is 3. The van der Waals surface area contributed by atoms with Gasteiger partial charge in [-0.15, -0.1) is 0 Å². The first-order valence-electron chi connectivity index (χ1n) is 17.4. The van der Waals surface area contributed by atoms with Crippen LogP contribution >= 0.6 is 0 Å². The maximum absolute atomic E-state index is 2.61. The Morgan fingerprint density at radius 1 is 0.280 bits per heavy atom. The van der Waals surface area contributed by atoms with Gasteiger partial charge in [-0.25, -0.2) is 0 Å². The highest BCUT2D eigenvalue weighted by Gasteiger charge is 2.54. The van der Waals surface area contributed by atoms with Crippen molar-refractivity contribution in [1.29, 1.82) is 0 Å². The number of nitrogens with zero attached hydrogens (tertiary/aromatic N) is 1. The first-order valence-corrected chi connectivity index (χ1v) is 19.4. The average molecular weight is 652 g/mol. The lowest BCUT2D eigenvalue weighted by molar-refractivity contribution is 1.29. The van der Waals surface area contributed by atoms with Crippen LogP contribution in [0.1, 0.15) is 0 Å². The zero-order chi connectivity index (χ0) is 33.1. The molecule has 0 radical (unpaired) electrons. The molecule has 0 saturated carbocycles. The minimum absolute atomic E-state index is 1.15. The van der Waals surface area contributed by atoms with Crippen LogP contribution in [-0.4, -0.2) is 8.07 Å². The van der Waals surface area contributed by atoms with Gasteiger partial charge in [-0.3, -0.25) is 0 Å². The molecule has 1 spiro atoms. The molecule has 0 N–H and O–H groups in total. The third kappa shape index (κ3) is 4.12. The van der Waals surface area contributed by atoms with Gasteiger partial charge in [-0.1, -0.05) is 176 Å². The fourth-order valence-corrected chi connectivity index (χ4v) is 14.3. The summed E-state index contributed by atoms with van der Waals surface area (Å²) in [5.41, 5.74) is 13.7.